The lowest BCUT2D eigenvalue weighted by atomic mass is 9.52. The number of hydrogen-bond donors (Lipinski definition) is 2. The third-order valence-electron chi connectivity index (χ3n) is 6.62. The first-order valence-electron chi connectivity index (χ1n) is 9.42. The van der Waals surface area contributed by atoms with Gasteiger partial charge in [-0.3, -0.25) is 4.79 Å². The molecule has 132 valence electrons. The Hall–Kier alpha value is -0.870. The topological polar surface area (TPSA) is 55.1 Å². The van der Waals surface area contributed by atoms with Gasteiger partial charge in [0.15, 0.2) is 0 Å². The first-order chi connectivity index (χ1) is 11.2. The molecule has 1 aromatic rings. The van der Waals surface area contributed by atoms with Crippen LogP contribution in [-0.4, -0.2) is 18.0 Å². The number of aryl methyl sites for hydroxylation is 1. The minimum atomic E-state index is 0.144. The van der Waals surface area contributed by atoms with E-state index in [9.17, 15) is 4.79 Å². The molecule has 0 saturated heterocycles. The molecule has 2 fully saturated rings. The molecule has 2 saturated carbocycles. The Morgan fingerprint density at radius 1 is 1.29 bits per heavy atom. The average Bonchev–Trinajstić information content (AvgIpc) is 2.85. The molecule has 1 heterocycles. The minimum absolute atomic E-state index is 0.144. The molecule has 3 nitrogen and oxygen atoms in total. The van der Waals surface area contributed by atoms with Gasteiger partial charge in [-0.15, -0.1) is 11.3 Å². The van der Waals surface area contributed by atoms with Crippen LogP contribution in [0.15, 0.2) is 6.07 Å². The normalized spacial score (nSPS) is 35.1. The van der Waals surface area contributed by atoms with Crippen LogP contribution in [0.1, 0.15) is 73.0 Å². The molecule has 3 aliphatic rings. The van der Waals surface area contributed by atoms with Gasteiger partial charge in [0.25, 0.3) is 5.91 Å². The van der Waals surface area contributed by atoms with Crippen molar-refractivity contribution in [3.8, 4) is 0 Å². The highest BCUT2D eigenvalue weighted by Gasteiger charge is 2.52. The van der Waals surface area contributed by atoms with Gasteiger partial charge >= 0.3 is 0 Å². The van der Waals surface area contributed by atoms with Gasteiger partial charge in [0.1, 0.15) is 0 Å². The summed E-state index contributed by atoms with van der Waals surface area (Å²) in [7, 11) is 0. The Morgan fingerprint density at radius 2 is 2.00 bits per heavy atom. The summed E-state index contributed by atoms with van der Waals surface area (Å²) in [6.07, 6.45) is 8.09. The fraction of sp³-hybridized carbons (Fsp3) is 0.750. The maximum absolute atomic E-state index is 12.6. The largest absolute Gasteiger partial charge is 0.349 e. The van der Waals surface area contributed by atoms with Gasteiger partial charge in [0.05, 0.1) is 4.88 Å². The first-order valence-corrected chi connectivity index (χ1v) is 10.2. The van der Waals surface area contributed by atoms with E-state index in [1.165, 1.54) is 16.9 Å². The fourth-order valence-corrected chi connectivity index (χ4v) is 6.22. The van der Waals surface area contributed by atoms with E-state index in [-0.39, 0.29) is 5.91 Å². The molecule has 1 unspecified atom stereocenters. The fourth-order valence-electron chi connectivity index (χ4n) is 5.10. The van der Waals surface area contributed by atoms with Crippen molar-refractivity contribution in [2.75, 3.05) is 0 Å². The van der Waals surface area contributed by atoms with Crippen LogP contribution in [0.5, 0.6) is 0 Å². The smallest absolute Gasteiger partial charge is 0.261 e. The molecule has 0 aliphatic heterocycles. The van der Waals surface area contributed by atoms with Crippen LogP contribution in [0.25, 0.3) is 0 Å². The predicted octanol–water partition coefficient (Wildman–Crippen LogP) is 3.90. The van der Waals surface area contributed by atoms with E-state index in [0.29, 0.717) is 22.9 Å². The van der Waals surface area contributed by atoms with E-state index in [2.05, 4.69) is 32.2 Å². The van der Waals surface area contributed by atoms with E-state index < -0.39 is 0 Å². The summed E-state index contributed by atoms with van der Waals surface area (Å²) < 4.78 is 0. The van der Waals surface area contributed by atoms with Crippen LogP contribution in [0, 0.1) is 16.7 Å². The molecule has 3 aliphatic carbocycles. The second-order valence-corrected chi connectivity index (χ2v) is 10.7. The first kappa shape index (κ1) is 16.6. The SMILES string of the molecule is CC(C)(C)C1CCc2sc(C(=O)NC3CC4(CC(N)C4)C3)cc2C1. The van der Waals surface area contributed by atoms with Crippen LogP contribution < -0.4 is 11.1 Å². The average molecular weight is 347 g/mol. The lowest BCUT2D eigenvalue weighted by Crippen LogP contribution is -2.59. The zero-order valence-electron chi connectivity index (χ0n) is 15.2. The highest BCUT2D eigenvalue weighted by molar-refractivity contribution is 7.14. The number of thiophene rings is 1. The molecule has 1 atom stereocenters. The Kier molecular flexibility index (Phi) is 3.85. The molecule has 0 radical (unpaired) electrons. The van der Waals surface area contributed by atoms with Gasteiger partial charge < -0.3 is 11.1 Å². The van der Waals surface area contributed by atoms with Gasteiger partial charge in [-0.2, -0.15) is 0 Å². The molecule has 3 N–H and O–H groups in total. The molecular weight excluding hydrogens is 316 g/mol. The van der Waals surface area contributed by atoms with Crippen molar-refractivity contribution < 1.29 is 4.79 Å². The van der Waals surface area contributed by atoms with Crippen LogP contribution in [0.2, 0.25) is 0 Å². The molecule has 1 spiro atoms. The zero-order valence-corrected chi connectivity index (χ0v) is 16.0. The standard InChI is InChI=1S/C20H30N2OS/c1-19(2,3)13-4-5-16-12(6-13)7-17(24-16)18(23)22-15-10-20(11-15)8-14(21)9-20/h7,13-15H,4-6,8-11,21H2,1-3H3,(H,22,23). The Labute approximate surface area is 149 Å². The maximum Gasteiger partial charge on any atom is 0.261 e. The summed E-state index contributed by atoms with van der Waals surface area (Å²) >= 11 is 1.72. The van der Waals surface area contributed by atoms with Crippen molar-refractivity contribution >= 4 is 17.2 Å². The molecule has 24 heavy (non-hydrogen) atoms. The van der Waals surface area contributed by atoms with Crippen LogP contribution >= 0.6 is 11.3 Å². The second kappa shape index (κ2) is 5.57. The summed E-state index contributed by atoms with van der Waals surface area (Å²) in [5.74, 6) is 0.870. The number of nitrogens with two attached hydrogens (primary N) is 1. The summed E-state index contributed by atoms with van der Waals surface area (Å²) in [4.78, 5) is 15.0. The maximum atomic E-state index is 12.6. The van der Waals surface area contributed by atoms with Crippen LogP contribution in [0.4, 0.5) is 0 Å². The number of nitrogens with one attached hydrogen (secondary N) is 1. The van der Waals surface area contributed by atoms with Gasteiger partial charge in [-0.05, 0) is 73.3 Å². The molecule has 4 heteroatoms. The second-order valence-electron chi connectivity index (χ2n) is 9.61. The van der Waals surface area contributed by atoms with Gasteiger partial charge in [0, 0.05) is 17.0 Å². The zero-order chi connectivity index (χ0) is 17.1. The van der Waals surface area contributed by atoms with Crippen molar-refractivity contribution in [1.82, 2.24) is 5.32 Å². The highest BCUT2D eigenvalue weighted by atomic mass is 32.1. The van der Waals surface area contributed by atoms with Gasteiger partial charge in [0.2, 0.25) is 0 Å². The summed E-state index contributed by atoms with van der Waals surface area (Å²) in [5.41, 5.74) is 8.17. The van der Waals surface area contributed by atoms with E-state index >= 15 is 0 Å². The van der Waals surface area contributed by atoms with Crippen LogP contribution in [-0.2, 0) is 12.8 Å². The highest BCUT2D eigenvalue weighted by Crippen LogP contribution is 2.55. The van der Waals surface area contributed by atoms with Crippen molar-refractivity contribution in [3.63, 3.8) is 0 Å². The van der Waals surface area contributed by atoms with Gasteiger partial charge in [-0.25, -0.2) is 0 Å². The Morgan fingerprint density at radius 3 is 2.62 bits per heavy atom. The number of rotatable bonds is 2. The van der Waals surface area contributed by atoms with Crippen molar-refractivity contribution in [2.45, 2.75) is 77.8 Å². The summed E-state index contributed by atoms with van der Waals surface area (Å²) in [6.45, 7) is 7.00. The quantitative estimate of drug-likeness (QED) is 0.853. The Bertz CT molecular complexity index is 643. The number of hydrogen-bond acceptors (Lipinski definition) is 3. The van der Waals surface area contributed by atoms with E-state index in [4.69, 9.17) is 5.73 Å². The predicted molar refractivity (Wildman–Crippen MR) is 99.4 cm³/mol. The van der Waals surface area contributed by atoms with Crippen molar-refractivity contribution in [3.05, 3.63) is 21.4 Å². The monoisotopic (exact) mass is 346 g/mol. The lowest BCUT2D eigenvalue weighted by Gasteiger charge is -2.56. The van der Waals surface area contributed by atoms with E-state index in [1.54, 1.807) is 11.3 Å². The summed E-state index contributed by atoms with van der Waals surface area (Å²) in [5, 5.41) is 3.25. The number of carbonyl (C=O) groups is 1. The number of amides is 1. The van der Waals surface area contributed by atoms with E-state index in [1.807, 2.05) is 0 Å². The lowest BCUT2D eigenvalue weighted by molar-refractivity contribution is -0.0159. The Balaban J connectivity index is 1.36. The third kappa shape index (κ3) is 2.92. The third-order valence-corrected chi connectivity index (χ3v) is 7.85. The van der Waals surface area contributed by atoms with Crippen molar-refractivity contribution in [1.29, 1.82) is 0 Å². The summed E-state index contributed by atoms with van der Waals surface area (Å²) in [6, 6.07) is 2.94. The molecule has 1 aromatic heterocycles. The molecule has 0 bridgehead atoms. The van der Waals surface area contributed by atoms with Crippen molar-refractivity contribution in [2.24, 2.45) is 22.5 Å². The molecular formula is C20H30N2OS. The minimum Gasteiger partial charge on any atom is -0.349 e. The number of carbonyl (C=O) groups excluding carboxylic acids is 1. The number of fused-ring (bicyclic) bond motifs is 1. The molecule has 1 amide bonds. The van der Waals surface area contributed by atoms with Crippen LogP contribution in [0.3, 0.4) is 0 Å². The molecule has 4 rings (SSSR count). The molecule has 0 aromatic carbocycles. The van der Waals surface area contributed by atoms with Gasteiger partial charge in [-0.1, -0.05) is 20.8 Å². The van der Waals surface area contributed by atoms with E-state index in [0.717, 1.165) is 49.3 Å².